The number of nitrogens with two attached hydrogens (primary N) is 1. The minimum atomic E-state index is -0.624. The van der Waals surface area contributed by atoms with Crippen molar-refractivity contribution >= 4 is 30.0 Å². The second-order valence-corrected chi connectivity index (χ2v) is 6.56. The number of methoxy groups -OCH3 is 1. The van der Waals surface area contributed by atoms with Gasteiger partial charge >= 0.3 is 6.03 Å². The summed E-state index contributed by atoms with van der Waals surface area (Å²) in [6.45, 7) is 4.07. The van der Waals surface area contributed by atoms with Gasteiger partial charge in [-0.25, -0.2) is 4.79 Å². The molecule has 1 saturated heterocycles. The Hall–Kier alpha value is -1.83. The van der Waals surface area contributed by atoms with Gasteiger partial charge < -0.3 is 26.0 Å². The van der Waals surface area contributed by atoms with Crippen molar-refractivity contribution in [2.24, 2.45) is 11.7 Å². The van der Waals surface area contributed by atoms with E-state index >= 15 is 0 Å². The van der Waals surface area contributed by atoms with Gasteiger partial charge in [0.15, 0.2) is 0 Å². The van der Waals surface area contributed by atoms with Crippen molar-refractivity contribution in [2.45, 2.75) is 25.8 Å². The van der Waals surface area contributed by atoms with Crippen LogP contribution in [0.15, 0.2) is 24.3 Å². The fraction of sp³-hybridized carbons (Fsp3) is 0.556. The van der Waals surface area contributed by atoms with Crippen molar-refractivity contribution in [3.05, 3.63) is 29.8 Å². The summed E-state index contributed by atoms with van der Waals surface area (Å²) < 4.78 is 4.95. The molecular weight excluding hydrogens is 356 g/mol. The first-order chi connectivity index (χ1) is 12.0. The van der Waals surface area contributed by atoms with E-state index in [-0.39, 0.29) is 36.9 Å². The normalized spacial score (nSPS) is 17.8. The average molecular weight is 385 g/mol. The molecule has 26 heavy (non-hydrogen) atoms. The Bertz CT molecular complexity index is 582. The number of nitrogens with one attached hydrogen (secondary N) is 2. The van der Waals surface area contributed by atoms with E-state index in [9.17, 15) is 9.59 Å². The number of urea groups is 1. The number of nitrogens with zero attached hydrogens (tertiary/aromatic N) is 1. The Morgan fingerprint density at radius 2 is 2.04 bits per heavy atom. The summed E-state index contributed by atoms with van der Waals surface area (Å²) in [4.78, 5) is 26.0. The van der Waals surface area contributed by atoms with Gasteiger partial charge in [0.1, 0.15) is 6.04 Å². The lowest BCUT2D eigenvalue weighted by Crippen LogP contribution is -2.51. The Morgan fingerprint density at radius 3 is 2.69 bits per heavy atom. The number of benzene rings is 1. The third-order valence-electron chi connectivity index (χ3n) is 4.35. The maximum Gasteiger partial charge on any atom is 0.319 e. The van der Waals surface area contributed by atoms with Crippen LogP contribution in [0.5, 0.6) is 0 Å². The average Bonchev–Trinajstić information content (AvgIpc) is 2.62. The van der Waals surface area contributed by atoms with E-state index in [1.807, 2.05) is 31.2 Å². The molecule has 0 saturated carbocycles. The molecular formula is C18H29ClN4O3. The Balaban J connectivity index is 0.00000338. The van der Waals surface area contributed by atoms with Crippen LogP contribution in [0.3, 0.4) is 0 Å². The van der Waals surface area contributed by atoms with Crippen LogP contribution in [0.2, 0.25) is 0 Å². The molecule has 0 radical (unpaired) electrons. The standard InChI is InChI=1S/C18H28N4O3.ClH/c1-13-5-7-15(8-6-13)21-18(24)20-10-14-4-3-9-22(11-14)17(23)16(19)12-25-2;/h5-8,14,16H,3-4,9-12,19H2,1-2H3,(H2,20,21,24);1H. The third kappa shape index (κ3) is 6.82. The van der Waals surface area contributed by atoms with Crippen LogP contribution < -0.4 is 16.4 Å². The number of rotatable bonds is 6. The van der Waals surface area contributed by atoms with E-state index in [4.69, 9.17) is 10.5 Å². The number of amides is 3. The van der Waals surface area contributed by atoms with Crippen LogP contribution >= 0.6 is 12.4 Å². The number of halogens is 1. The minimum Gasteiger partial charge on any atom is -0.383 e. The quantitative estimate of drug-likeness (QED) is 0.696. The molecule has 1 aromatic rings. The van der Waals surface area contributed by atoms with Gasteiger partial charge in [-0.3, -0.25) is 4.79 Å². The smallest absolute Gasteiger partial charge is 0.319 e. The second-order valence-electron chi connectivity index (χ2n) is 6.56. The molecule has 146 valence electrons. The van der Waals surface area contributed by atoms with Crippen LogP contribution in [-0.2, 0) is 9.53 Å². The van der Waals surface area contributed by atoms with Crippen molar-refractivity contribution in [1.82, 2.24) is 10.2 Å². The molecule has 0 bridgehead atoms. The van der Waals surface area contributed by atoms with Crippen molar-refractivity contribution in [3.8, 4) is 0 Å². The van der Waals surface area contributed by atoms with Crippen LogP contribution in [0.4, 0.5) is 10.5 Å². The van der Waals surface area contributed by atoms with Crippen molar-refractivity contribution in [2.75, 3.05) is 38.7 Å². The molecule has 2 unspecified atom stereocenters. The third-order valence-corrected chi connectivity index (χ3v) is 4.35. The monoisotopic (exact) mass is 384 g/mol. The summed E-state index contributed by atoms with van der Waals surface area (Å²) in [5.74, 6) is 0.145. The van der Waals surface area contributed by atoms with Crippen molar-refractivity contribution in [1.29, 1.82) is 0 Å². The predicted molar refractivity (Wildman–Crippen MR) is 105 cm³/mol. The van der Waals surface area contributed by atoms with E-state index < -0.39 is 6.04 Å². The van der Waals surface area contributed by atoms with Gasteiger partial charge in [0, 0.05) is 32.4 Å². The van der Waals surface area contributed by atoms with Crippen LogP contribution in [0.1, 0.15) is 18.4 Å². The van der Waals surface area contributed by atoms with E-state index in [0.29, 0.717) is 19.6 Å². The first-order valence-electron chi connectivity index (χ1n) is 8.64. The largest absolute Gasteiger partial charge is 0.383 e. The highest BCUT2D eigenvalue weighted by Crippen LogP contribution is 2.16. The lowest BCUT2D eigenvalue weighted by atomic mass is 9.97. The zero-order chi connectivity index (χ0) is 18.2. The molecule has 0 spiro atoms. The van der Waals surface area contributed by atoms with Gasteiger partial charge in [-0.05, 0) is 37.8 Å². The number of hydrogen-bond donors (Lipinski definition) is 3. The highest BCUT2D eigenvalue weighted by Gasteiger charge is 2.27. The number of anilines is 1. The summed E-state index contributed by atoms with van der Waals surface area (Å²) >= 11 is 0. The fourth-order valence-corrected chi connectivity index (χ4v) is 2.97. The van der Waals surface area contributed by atoms with Crippen LogP contribution in [-0.4, -0.2) is 56.2 Å². The fourth-order valence-electron chi connectivity index (χ4n) is 2.97. The first kappa shape index (κ1) is 22.2. The molecule has 8 heteroatoms. The van der Waals surface area contributed by atoms with E-state index in [2.05, 4.69) is 10.6 Å². The Kier molecular flexibility index (Phi) is 9.40. The van der Waals surface area contributed by atoms with Gasteiger partial charge in [0.2, 0.25) is 5.91 Å². The molecule has 7 nitrogen and oxygen atoms in total. The summed E-state index contributed by atoms with van der Waals surface area (Å²) in [6.07, 6.45) is 1.89. The number of ether oxygens (including phenoxy) is 1. The maximum absolute atomic E-state index is 12.3. The zero-order valence-electron chi connectivity index (χ0n) is 15.4. The molecule has 0 aliphatic carbocycles. The summed E-state index contributed by atoms with van der Waals surface area (Å²) in [7, 11) is 1.53. The highest BCUT2D eigenvalue weighted by molar-refractivity contribution is 5.89. The summed E-state index contributed by atoms with van der Waals surface area (Å²) in [5.41, 5.74) is 7.73. The molecule has 1 aromatic carbocycles. The van der Waals surface area contributed by atoms with E-state index in [0.717, 1.165) is 24.1 Å². The van der Waals surface area contributed by atoms with Gasteiger partial charge in [-0.15, -0.1) is 12.4 Å². The maximum atomic E-state index is 12.3. The molecule has 1 aliphatic rings. The molecule has 3 amide bonds. The predicted octanol–water partition coefficient (Wildman–Crippen LogP) is 1.75. The lowest BCUT2D eigenvalue weighted by Gasteiger charge is -2.34. The summed E-state index contributed by atoms with van der Waals surface area (Å²) in [6, 6.07) is 6.78. The molecule has 0 aromatic heterocycles. The summed E-state index contributed by atoms with van der Waals surface area (Å²) in [5, 5.41) is 5.70. The highest BCUT2D eigenvalue weighted by atomic mass is 35.5. The number of likely N-dealkylation sites (tertiary alicyclic amines) is 1. The molecule has 2 rings (SSSR count). The number of piperidine rings is 1. The Morgan fingerprint density at radius 1 is 1.35 bits per heavy atom. The SMILES string of the molecule is COCC(N)C(=O)N1CCCC(CNC(=O)Nc2ccc(C)cc2)C1.Cl. The first-order valence-corrected chi connectivity index (χ1v) is 8.64. The van der Waals surface area contributed by atoms with Gasteiger partial charge in [-0.1, -0.05) is 17.7 Å². The lowest BCUT2D eigenvalue weighted by molar-refractivity contribution is -0.135. The van der Waals surface area contributed by atoms with Crippen molar-refractivity contribution < 1.29 is 14.3 Å². The van der Waals surface area contributed by atoms with Gasteiger partial charge in [-0.2, -0.15) is 0 Å². The molecule has 1 heterocycles. The minimum absolute atomic E-state index is 0. The van der Waals surface area contributed by atoms with E-state index in [1.54, 1.807) is 4.90 Å². The molecule has 4 N–H and O–H groups in total. The molecule has 2 atom stereocenters. The number of aryl methyl sites for hydroxylation is 1. The van der Waals surface area contributed by atoms with Crippen LogP contribution in [0, 0.1) is 12.8 Å². The topological polar surface area (TPSA) is 96.7 Å². The number of carbonyl (C=O) groups is 2. The second kappa shape index (κ2) is 11.0. The van der Waals surface area contributed by atoms with Gasteiger partial charge in [0.05, 0.1) is 6.61 Å². The number of hydrogen-bond acceptors (Lipinski definition) is 4. The van der Waals surface area contributed by atoms with Gasteiger partial charge in [0.25, 0.3) is 0 Å². The van der Waals surface area contributed by atoms with Crippen LogP contribution in [0.25, 0.3) is 0 Å². The molecule has 1 fully saturated rings. The van der Waals surface area contributed by atoms with Crippen molar-refractivity contribution in [3.63, 3.8) is 0 Å². The zero-order valence-corrected chi connectivity index (χ0v) is 16.2. The Labute approximate surface area is 161 Å². The van der Waals surface area contributed by atoms with E-state index in [1.165, 1.54) is 7.11 Å². The number of carbonyl (C=O) groups excluding carboxylic acids is 2. The molecule has 1 aliphatic heterocycles.